The predicted molar refractivity (Wildman–Crippen MR) is 96.3 cm³/mol. The molecular formula is C16H22O7P2. The van der Waals surface area contributed by atoms with E-state index in [1.165, 1.54) is 14.2 Å². The topological polar surface area (TPSA) is 91.3 Å². The second-order valence-electron chi connectivity index (χ2n) is 5.34. The van der Waals surface area contributed by atoms with Crippen LogP contribution in [0.5, 0.6) is 0 Å². The van der Waals surface area contributed by atoms with Crippen LogP contribution in [0.2, 0.25) is 0 Å². The normalized spacial score (nSPS) is 16.4. The molecule has 3 unspecified atom stereocenters. The molecule has 0 aliphatic heterocycles. The van der Waals surface area contributed by atoms with Gasteiger partial charge in [-0.3, -0.25) is 9.13 Å². The van der Waals surface area contributed by atoms with Crippen molar-refractivity contribution in [2.75, 3.05) is 27.4 Å². The molecule has 9 heteroatoms. The lowest BCUT2D eigenvalue weighted by atomic mass is 9.95. The van der Waals surface area contributed by atoms with Gasteiger partial charge in [-0.15, -0.1) is 0 Å². The van der Waals surface area contributed by atoms with E-state index in [1.807, 2.05) is 36.4 Å². The molecule has 0 aliphatic rings. The lowest BCUT2D eigenvalue weighted by molar-refractivity contribution is 0.0412. The van der Waals surface area contributed by atoms with Crippen LogP contribution in [0.25, 0.3) is 10.8 Å². The van der Waals surface area contributed by atoms with Crippen molar-refractivity contribution >= 4 is 27.3 Å². The maximum atomic E-state index is 11.4. The monoisotopic (exact) mass is 388 g/mol. The fraction of sp³-hybridized carbons (Fsp3) is 0.375. The van der Waals surface area contributed by atoms with Gasteiger partial charge in [-0.1, -0.05) is 36.4 Å². The Morgan fingerprint density at radius 1 is 0.920 bits per heavy atom. The Labute approximate surface area is 147 Å². The first kappa shape index (κ1) is 20.3. The molecule has 3 atom stereocenters. The second kappa shape index (κ2) is 10.2. The van der Waals surface area contributed by atoms with Crippen LogP contribution in [0.3, 0.4) is 0 Å². The zero-order valence-corrected chi connectivity index (χ0v) is 16.0. The van der Waals surface area contributed by atoms with Gasteiger partial charge in [0.15, 0.2) is 0 Å². The van der Waals surface area contributed by atoms with Crippen molar-refractivity contribution in [2.45, 2.75) is 6.10 Å². The lowest BCUT2D eigenvalue weighted by Gasteiger charge is -2.23. The molecule has 0 saturated carbocycles. The molecule has 0 aromatic heterocycles. The Morgan fingerprint density at radius 2 is 1.48 bits per heavy atom. The molecule has 0 saturated heterocycles. The molecule has 1 N–H and O–H groups in total. The number of rotatable bonds is 10. The van der Waals surface area contributed by atoms with Gasteiger partial charge in [-0.25, -0.2) is 0 Å². The van der Waals surface area contributed by atoms with Crippen LogP contribution in [-0.2, 0) is 27.2 Å². The first-order valence-corrected chi connectivity index (χ1v) is 10.1. The highest BCUT2D eigenvalue weighted by atomic mass is 31.1. The first-order chi connectivity index (χ1) is 12.0. The van der Waals surface area contributed by atoms with E-state index in [9.17, 15) is 14.2 Å². The van der Waals surface area contributed by atoms with E-state index in [1.54, 1.807) is 6.07 Å². The number of hydrogen-bond acceptors (Lipinski definition) is 7. The predicted octanol–water partition coefficient (Wildman–Crippen LogP) is 3.59. The third-order valence-electron chi connectivity index (χ3n) is 3.73. The van der Waals surface area contributed by atoms with Gasteiger partial charge in [-0.05, 0) is 22.4 Å². The summed E-state index contributed by atoms with van der Waals surface area (Å²) in [4.78, 5) is 0. The van der Waals surface area contributed by atoms with Crippen molar-refractivity contribution in [1.82, 2.24) is 0 Å². The maximum absolute atomic E-state index is 11.4. The number of fused-ring (bicyclic) bond motifs is 1. The van der Waals surface area contributed by atoms with Crippen LogP contribution >= 0.6 is 16.5 Å². The minimum absolute atomic E-state index is 0.0709. The largest absolute Gasteiger partial charge is 0.388 e. The van der Waals surface area contributed by atoms with Crippen LogP contribution in [0, 0.1) is 5.92 Å². The van der Waals surface area contributed by atoms with Gasteiger partial charge < -0.3 is 23.2 Å². The molecule has 2 aromatic rings. The van der Waals surface area contributed by atoms with Crippen LogP contribution in [0.15, 0.2) is 42.5 Å². The van der Waals surface area contributed by atoms with Crippen LogP contribution in [0.1, 0.15) is 11.7 Å². The van der Waals surface area contributed by atoms with Gasteiger partial charge in [0.05, 0.1) is 19.3 Å². The summed E-state index contributed by atoms with van der Waals surface area (Å²) >= 11 is 0. The first-order valence-electron chi connectivity index (χ1n) is 7.63. The lowest BCUT2D eigenvalue weighted by Crippen LogP contribution is -2.22. The van der Waals surface area contributed by atoms with Crippen molar-refractivity contribution in [3.05, 3.63) is 48.0 Å². The standard InChI is InChI=1S/C16H22O7P2/c1-20-24(18)22-10-15(11-23-25(19)21-2)16(17)14-8-7-12-5-3-4-6-13(12)9-14/h3-9,15-17,24-25H,10-11H2,1-2H3. The third kappa shape index (κ3) is 6.01. The molecule has 2 aromatic carbocycles. The zero-order valence-electron chi connectivity index (χ0n) is 14.0. The number of hydrogen-bond donors (Lipinski definition) is 1. The number of benzene rings is 2. The summed E-state index contributed by atoms with van der Waals surface area (Å²) in [5, 5.41) is 12.7. The molecule has 138 valence electrons. The SMILES string of the molecule is CO[PH](=O)OCC(CO[PH](=O)OC)C(O)c1ccc2ccccc2c1. The Bertz CT molecular complexity index is 717. The van der Waals surface area contributed by atoms with Gasteiger partial charge in [0.1, 0.15) is 0 Å². The summed E-state index contributed by atoms with van der Waals surface area (Å²) in [6, 6.07) is 13.4. The Morgan fingerprint density at radius 3 is 2.04 bits per heavy atom. The Hall–Kier alpha value is -1.04. The average molecular weight is 388 g/mol. The zero-order chi connectivity index (χ0) is 18.2. The van der Waals surface area contributed by atoms with E-state index in [2.05, 4.69) is 9.05 Å². The second-order valence-corrected chi connectivity index (χ2v) is 7.74. The molecule has 2 rings (SSSR count). The molecule has 0 aliphatic carbocycles. The minimum Gasteiger partial charge on any atom is -0.388 e. The molecule has 7 nitrogen and oxygen atoms in total. The van der Waals surface area contributed by atoms with Crippen molar-refractivity contribution in [2.24, 2.45) is 5.92 Å². The van der Waals surface area contributed by atoms with E-state index in [0.29, 0.717) is 5.56 Å². The highest BCUT2D eigenvalue weighted by Gasteiger charge is 2.24. The molecule has 0 fully saturated rings. The number of aliphatic hydroxyl groups is 1. The van der Waals surface area contributed by atoms with E-state index in [0.717, 1.165) is 10.8 Å². The summed E-state index contributed by atoms with van der Waals surface area (Å²) in [7, 11) is -2.72. The van der Waals surface area contributed by atoms with Gasteiger partial charge in [-0.2, -0.15) is 0 Å². The minimum atomic E-state index is -2.63. The molecule has 0 heterocycles. The van der Waals surface area contributed by atoms with Crippen molar-refractivity contribution in [3.8, 4) is 0 Å². The number of aliphatic hydroxyl groups excluding tert-OH is 1. The molecule has 0 bridgehead atoms. The van der Waals surface area contributed by atoms with E-state index >= 15 is 0 Å². The molecule has 0 radical (unpaired) electrons. The maximum Gasteiger partial charge on any atom is 0.318 e. The average Bonchev–Trinajstić information content (AvgIpc) is 2.66. The molecule has 0 amide bonds. The van der Waals surface area contributed by atoms with Crippen molar-refractivity contribution in [3.63, 3.8) is 0 Å². The summed E-state index contributed by atoms with van der Waals surface area (Å²) in [5.74, 6) is -0.589. The quantitative estimate of drug-likeness (QED) is 0.622. The Balaban J connectivity index is 2.16. The highest BCUT2D eigenvalue weighted by molar-refractivity contribution is 7.33. The summed E-state index contributed by atoms with van der Waals surface area (Å²) in [5.41, 5.74) is 0.657. The molecule has 0 spiro atoms. The van der Waals surface area contributed by atoms with Gasteiger partial charge >= 0.3 is 16.5 Å². The summed E-state index contributed by atoms with van der Waals surface area (Å²) in [6.07, 6.45) is -0.956. The fourth-order valence-corrected chi connectivity index (χ4v) is 3.30. The third-order valence-corrected chi connectivity index (χ3v) is 5.20. The van der Waals surface area contributed by atoms with E-state index in [4.69, 9.17) is 9.05 Å². The van der Waals surface area contributed by atoms with Crippen molar-refractivity contribution in [1.29, 1.82) is 0 Å². The van der Waals surface area contributed by atoms with Crippen LogP contribution in [0.4, 0.5) is 0 Å². The highest BCUT2D eigenvalue weighted by Crippen LogP contribution is 2.32. The van der Waals surface area contributed by atoms with Gasteiger partial charge in [0, 0.05) is 20.1 Å². The summed E-state index contributed by atoms with van der Waals surface area (Å²) in [6.45, 7) is -0.142. The van der Waals surface area contributed by atoms with Gasteiger partial charge in [0.25, 0.3) is 0 Å². The molecule has 25 heavy (non-hydrogen) atoms. The van der Waals surface area contributed by atoms with Crippen LogP contribution in [-0.4, -0.2) is 32.5 Å². The van der Waals surface area contributed by atoms with Crippen LogP contribution < -0.4 is 0 Å². The smallest absolute Gasteiger partial charge is 0.318 e. The molecular weight excluding hydrogens is 366 g/mol. The van der Waals surface area contributed by atoms with E-state index in [-0.39, 0.29) is 13.2 Å². The fourth-order valence-electron chi connectivity index (χ4n) is 2.36. The van der Waals surface area contributed by atoms with Crippen molar-refractivity contribution < 1.29 is 32.3 Å². The Kier molecular flexibility index (Phi) is 8.27. The summed E-state index contributed by atoms with van der Waals surface area (Å²) < 4.78 is 42.2. The van der Waals surface area contributed by atoms with Gasteiger partial charge in [0.2, 0.25) is 0 Å². The van der Waals surface area contributed by atoms with E-state index < -0.39 is 28.5 Å².